The van der Waals surface area contributed by atoms with Gasteiger partial charge in [-0.3, -0.25) is 9.88 Å². The van der Waals surface area contributed by atoms with Crippen molar-refractivity contribution in [3.8, 4) is 11.4 Å². The Kier molecular flexibility index (Phi) is 5.26. The summed E-state index contributed by atoms with van der Waals surface area (Å²) in [6.07, 6.45) is 11.4. The molecule has 0 unspecified atom stereocenters. The monoisotopic (exact) mass is 455 g/mol. The van der Waals surface area contributed by atoms with Gasteiger partial charge in [0, 0.05) is 62.2 Å². The van der Waals surface area contributed by atoms with Crippen molar-refractivity contribution in [2.45, 2.75) is 32.2 Å². The molecule has 1 saturated carbocycles. The van der Waals surface area contributed by atoms with E-state index in [-0.39, 0.29) is 0 Å². The largest absolute Gasteiger partial charge is 0.382 e. The molecule has 3 aromatic heterocycles. The molecule has 2 fully saturated rings. The maximum absolute atomic E-state index is 5.98. The van der Waals surface area contributed by atoms with Gasteiger partial charge in [-0.1, -0.05) is 6.42 Å². The molecule has 1 aromatic carbocycles. The number of aromatic nitrogens is 5. The van der Waals surface area contributed by atoms with Gasteiger partial charge in [-0.15, -0.1) is 0 Å². The van der Waals surface area contributed by atoms with Crippen LogP contribution in [-0.2, 0) is 0 Å². The lowest BCUT2D eigenvalue weighted by Crippen LogP contribution is -2.52. The van der Waals surface area contributed by atoms with E-state index in [0.717, 1.165) is 43.6 Å². The number of piperazine rings is 1. The zero-order chi connectivity index (χ0) is 23.1. The zero-order valence-corrected chi connectivity index (χ0v) is 19.4. The Morgan fingerprint density at radius 3 is 2.47 bits per heavy atom. The molecule has 3 N–H and O–H groups in total. The van der Waals surface area contributed by atoms with Gasteiger partial charge in [-0.2, -0.15) is 0 Å². The molecule has 34 heavy (non-hydrogen) atoms. The van der Waals surface area contributed by atoms with Crippen molar-refractivity contribution in [3.63, 3.8) is 0 Å². The minimum atomic E-state index is 0.406. The molecule has 9 heteroatoms. The first-order chi connectivity index (χ1) is 16.6. The number of nitrogens with zero attached hydrogens (tertiary/aromatic N) is 7. The quantitative estimate of drug-likeness (QED) is 0.472. The van der Waals surface area contributed by atoms with Crippen molar-refractivity contribution in [2.75, 3.05) is 42.1 Å². The highest BCUT2D eigenvalue weighted by atomic mass is 15.3. The van der Waals surface area contributed by atoms with Gasteiger partial charge in [0.2, 0.25) is 0 Å². The standard InChI is InChI=1S/C25H29N9/c1-17-23(26)30-21(15-28-17)22-16-34-10-9-27-25(34)24(31-22)29-18-5-7-20(8-6-18)33-13-11-32(12-14-33)19-3-2-4-19/h5-10,15-16,19H,2-4,11-14H2,1H3,(H2,26,30)(H,29,31). The molecule has 6 rings (SSSR count). The van der Waals surface area contributed by atoms with Crippen LogP contribution in [0.4, 0.5) is 23.0 Å². The number of aryl methyl sites for hydroxylation is 1. The lowest BCUT2D eigenvalue weighted by atomic mass is 9.91. The molecule has 9 nitrogen and oxygen atoms in total. The number of rotatable bonds is 5. The summed E-state index contributed by atoms with van der Waals surface area (Å²) in [7, 11) is 0. The number of benzene rings is 1. The lowest BCUT2D eigenvalue weighted by molar-refractivity contribution is 0.120. The van der Waals surface area contributed by atoms with Gasteiger partial charge in [0.1, 0.15) is 17.2 Å². The number of hydrogen-bond acceptors (Lipinski definition) is 8. The summed E-state index contributed by atoms with van der Waals surface area (Å²) in [6, 6.07) is 9.40. The van der Waals surface area contributed by atoms with Gasteiger partial charge < -0.3 is 20.4 Å². The molecular formula is C25H29N9. The maximum atomic E-state index is 5.98. The van der Waals surface area contributed by atoms with E-state index < -0.39 is 0 Å². The van der Waals surface area contributed by atoms with Crippen molar-refractivity contribution in [3.05, 3.63) is 54.7 Å². The van der Waals surface area contributed by atoms with E-state index in [9.17, 15) is 0 Å². The van der Waals surface area contributed by atoms with Crippen LogP contribution in [-0.4, -0.2) is 61.5 Å². The first-order valence-corrected chi connectivity index (χ1v) is 11.9. The van der Waals surface area contributed by atoms with Crippen LogP contribution in [0.2, 0.25) is 0 Å². The highest BCUT2D eigenvalue weighted by Gasteiger charge is 2.27. The van der Waals surface area contributed by atoms with Gasteiger partial charge in [-0.05, 0) is 44.0 Å². The van der Waals surface area contributed by atoms with Crippen molar-refractivity contribution in [1.29, 1.82) is 0 Å². The van der Waals surface area contributed by atoms with Crippen LogP contribution in [0.3, 0.4) is 0 Å². The Labute approximate surface area is 198 Å². The Bertz CT molecular complexity index is 1300. The molecular weight excluding hydrogens is 426 g/mol. The van der Waals surface area contributed by atoms with Crippen LogP contribution in [0, 0.1) is 6.92 Å². The van der Waals surface area contributed by atoms with E-state index in [0.29, 0.717) is 28.7 Å². The van der Waals surface area contributed by atoms with Gasteiger partial charge >= 0.3 is 0 Å². The molecule has 1 aliphatic carbocycles. The zero-order valence-electron chi connectivity index (χ0n) is 19.4. The molecule has 0 spiro atoms. The fourth-order valence-electron chi connectivity index (χ4n) is 4.72. The fraction of sp³-hybridized carbons (Fsp3) is 0.360. The number of anilines is 4. The molecule has 0 atom stereocenters. The molecule has 174 valence electrons. The number of imidazole rings is 1. The third kappa shape index (κ3) is 3.92. The Balaban J connectivity index is 1.21. The SMILES string of the molecule is Cc1ncc(-c2cn3ccnc3c(Nc3ccc(N4CCN(C5CCC5)CC4)cc3)n2)nc1N. The average molecular weight is 456 g/mol. The summed E-state index contributed by atoms with van der Waals surface area (Å²) >= 11 is 0. The molecule has 0 bridgehead atoms. The lowest BCUT2D eigenvalue weighted by Gasteiger charge is -2.43. The Hall–Kier alpha value is -3.72. The van der Waals surface area contributed by atoms with E-state index in [1.807, 2.05) is 23.7 Å². The number of nitrogens with two attached hydrogens (primary N) is 1. The minimum Gasteiger partial charge on any atom is -0.382 e. The maximum Gasteiger partial charge on any atom is 0.180 e. The topological polar surface area (TPSA) is 100 Å². The van der Waals surface area contributed by atoms with Crippen LogP contribution in [0.1, 0.15) is 25.0 Å². The predicted molar refractivity (Wildman–Crippen MR) is 134 cm³/mol. The number of hydrogen-bond donors (Lipinski definition) is 2. The second-order valence-corrected chi connectivity index (χ2v) is 9.14. The number of fused-ring (bicyclic) bond motifs is 1. The second-order valence-electron chi connectivity index (χ2n) is 9.14. The van der Waals surface area contributed by atoms with E-state index in [1.165, 1.54) is 24.9 Å². The van der Waals surface area contributed by atoms with Crippen LogP contribution in [0.5, 0.6) is 0 Å². The van der Waals surface area contributed by atoms with E-state index >= 15 is 0 Å². The van der Waals surface area contributed by atoms with Gasteiger partial charge in [0.25, 0.3) is 0 Å². The normalized spacial score (nSPS) is 17.1. The van der Waals surface area contributed by atoms with Crippen molar-refractivity contribution >= 4 is 28.7 Å². The third-order valence-corrected chi connectivity index (χ3v) is 7.03. The predicted octanol–water partition coefficient (Wildman–Crippen LogP) is 3.50. The Morgan fingerprint density at radius 1 is 0.971 bits per heavy atom. The highest BCUT2D eigenvalue weighted by molar-refractivity contribution is 5.73. The summed E-state index contributed by atoms with van der Waals surface area (Å²) in [5.41, 5.74) is 10.9. The number of nitrogen functional groups attached to an aromatic ring is 1. The molecule has 4 aromatic rings. The summed E-state index contributed by atoms with van der Waals surface area (Å²) < 4.78 is 1.93. The molecule has 0 radical (unpaired) electrons. The van der Waals surface area contributed by atoms with Crippen LogP contribution in [0.25, 0.3) is 17.0 Å². The highest BCUT2D eigenvalue weighted by Crippen LogP contribution is 2.28. The van der Waals surface area contributed by atoms with Crippen LogP contribution >= 0.6 is 0 Å². The van der Waals surface area contributed by atoms with Gasteiger partial charge in [0.15, 0.2) is 11.5 Å². The first kappa shape index (κ1) is 20.9. The summed E-state index contributed by atoms with van der Waals surface area (Å²) in [6.45, 7) is 6.32. The van der Waals surface area contributed by atoms with E-state index in [2.05, 4.69) is 54.3 Å². The molecule has 4 heterocycles. The third-order valence-electron chi connectivity index (χ3n) is 7.03. The molecule has 1 aliphatic heterocycles. The van der Waals surface area contributed by atoms with Gasteiger partial charge in [-0.25, -0.2) is 15.0 Å². The van der Waals surface area contributed by atoms with Crippen molar-refractivity contribution in [2.24, 2.45) is 0 Å². The summed E-state index contributed by atoms with van der Waals surface area (Å²) in [5.74, 6) is 1.06. The second kappa shape index (κ2) is 8.57. The number of nitrogens with one attached hydrogen (secondary N) is 1. The molecule has 0 amide bonds. The first-order valence-electron chi connectivity index (χ1n) is 11.9. The van der Waals surface area contributed by atoms with Crippen molar-refractivity contribution in [1.82, 2.24) is 29.2 Å². The van der Waals surface area contributed by atoms with Gasteiger partial charge in [0.05, 0.1) is 11.9 Å². The van der Waals surface area contributed by atoms with E-state index in [1.54, 1.807) is 12.4 Å². The minimum absolute atomic E-state index is 0.406. The molecule has 2 aliphatic rings. The van der Waals surface area contributed by atoms with E-state index in [4.69, 9.17) is 10.7 Å². The van der Waals surface area contributed by atoms with Crippen LogP contribution < -0.4 is 16.0 Å². The smallest absolute Gasteiger partial charge is 0.180 e. The summed E-state index contributed by atoms with van der Waals surface area (Å²) in [5, 5.41) is 3.44. The fourth-order valence-corrected chi connectivity index (χ4v) is 4.72. The Morgan fingerprint density at radius 2 is 1.76 bits per heavy atom. The molecule has 1 saturated heterocycles. The summed E-state index contributed by atoms with van der Waals surface area (Å²) in [4.78, 5) is 23.2. The van der Waals surface area contributed by atoms with Crippen LogP contribution in [0.15, 0.2) is 49.1 Å². The average Bonchev–Trinajstić information content (AvgIpc) is 3.30. The van der Waals surface area contributed by atoms with Crippen molar-refractivity contribution < 1.29 is 0 Å².